The summed E-state index contributed by atoms with van der Waals surface area (Å²) in [5.41, 5.74) is 8.97. The molecule has 0 aliphatic rings. The second-order valence-electron chi connectivity index (χ2n) is 6.30. The van der Waals surface area contributed by atoms with E-state index in [-0.39, 0.29) is 17.7 Å². The third kappa shape index (κ3) is 5.35. The number of aryl methyl sites for hydroxylation is 2. The highest BCUT2D eigenvalue weighted by molar-refractivity contribution is 7.99. The van der Waals surface area contributed by atoms with E-state index in [4.69, 9.17) is 10.2 Å². The Morgan fingerprint density at radius 2 is 2.08 bits per heavy atom. The minimum absolute atomic E-state index is 0.111. The molecule has 2 rings (SSSR count). The summed E-state index contributed by atoms with van der Waals surface area (Å²) in [4.78, 5) is 12.1. The third-order valence-electron chi connectivity index (χ3n) is 3.46. The molecule has 1 atom stereocenters. The number of hydrogen-bond donors (Lipinski definition) is 2. The first kappa shape index (κ1) is 18.5. The number of anilines is 1. The first-order valence-corrected chi connectivity index (χ1v) is 8.92. The summed E-state index contributed by atoms with van der Waals surface area (Å²) < 4.78 is 5.53. The smallest absolute Gasteiger partial charge is 0.277 e. The molecule has 0 saturated heterocycles. The lowest BCUT2D eigenvalue weighted by atomic mass is 10.1. The van der Waals surface area contributed by atoms with Crippen molar-refractivity contribution in [2.24, 2.45) is 11.7 Å². The maximum Gasteiger partial charge on any atom is 0.277 e. The molecular formula is C17H24N4O2S. The van der Waals surface area contributed by atoms with Crippen LogP contribution < -0.4 is 11.1 Å². The summed E-state index contributed by atoms with van der Waals surface area (Å²) in [5, 5.41) is 11.2. The van der Waals surface area contributed by atoms with E-state index in [1.54, 1.807) is 0 Å². The van der Waals surface area contributed by atoms with Crippen LogP contribution in [0.4, 0.5) is 5.69 Å². The molecule has 2 aromatic rings. The van der Waals surface area contributed by atoms with Gasteiger partial charge >= 0.3 is 0 Å². The predicted octanol–water partition coefficient (Wildman–Crippen LogP) is 3.46. The van der Waals surface area contributed by atoms with Crippen molar-refractivity contribution in [3.05, 3.63) is 35.2 Å². The molecule has 6 nitrogen and oxygen atoms in total. The van der Waals surface area contributed by atoms with E-state index in [2.05, 4.69) is 29.4 Å². The maximum atomic E-state index is 12.1. The Labute approximate surface area is 146 Å². The van der Waals surface area contributed by atoms with Gasteiger partial charge in [-0.1, -0.05) is 37.7 Å². The highest BCUT2D eigenvalue weighted by Crippen LogP contribution is 2.23. The van der Waals surface area contributed by atoms with E-state index in [1.165, 1.54) is 11.8 Å². The Bertz CT molecular complexity index is 700. The molecule has 0 fully saturated rings. The Kier molecular flexibility index (Phi) is 6.39. The molecular weight excluding hydrogens is 324 g/mol. The normalized spacial score (nSPS) is 12.4. The number of amides is 1. The summed E-state index contributed by atoms with van der Waals surface area (Å²) in [5.74, 6) is 0.960. The number of benzene rings is 1. The lowest BCUT2D eigenvalue weighted by Gasteiger charge is -2.09. The number of carbonyl (C=O) groups is 1. The SMILES string of the molecule is Cc1ccc(C)c(NC(=O)CSc2nnc(C(N)CC(C)C)o2)c1. The first-order chi connectivity index (χ1) is 11.3. The molecule has 0 radical (unpaired) electrons. The van der Waals surface area contributed by atoms with Gasteiger partial charge in [0, 0.05) is 5.69 Å². The Hall–Kier alpha value is -1.86. The fourth-order valence-electron chi connectivity index (χ4n) is 2.22. The quantitative estimate of drug-likeness (QED) is 0.744. The van der Waals surface area contributed by atoms with Crippen LogP contribution in [0.1, 0.15) is 43.3 Å². The predicted molar refractivity (Wildman–Crippen MR) is 96.0 cm³/mol. The van der Waals surface area contributed by atoms with E-state index in [1.807, 2.05) is 32.0 Å². The van der Waals surface area contributed by atoms with Gasteiger partial charge in [-0.2, -0.15) is 0 Å². The highest BCUT2D eigenvalue weighted by Gasteiger charge is 2.17. The molecule has 1 aromatic heterocycles. The zero-order valence-corrected chi connectivity index (χ0v) is 15.3. The number of carbonyl (C=O) groups excluding carboxylic acids is 1. The van der Waals surface area contributed by atoms with Crippen molar-refractivity contribution in [2.45, 2.75) is 45.4 Å². The molecule has 24 heavy (non-hydrogen) atoms. The number of nitrogens with one attached hydrogen (secondary N) is 1. The van der Waals surface area contributed by atoms with E-state index in [0.29, 0.717) is 17.0 Å². The summed E-state index contributed by atoms with van der Waals surface area (Å²) in [6.45, 7) is 8.12. The van der Waals surface area contributed by atoms with Crippen molar-refractivity contribution >= 4 is 23.4 Å². The molecule has 0 aliphatic heterocycles. The number of rotatable bonds is 7. The maximum absolute atomic E-state index is 12.1. The standard InChI is InChI=1S/C17H24N4O2S/c1-10(2)7-13(18)16-20-21-17(23-16)24-9-15(22)19-14-8-11(3)5-6-12(14)4/h5-6,8,10,13H,7,9,18H2,1-4H3,(H,19,22). The number of aromatic nitrogens is 2. The lowest BCUT2D eigenvalue weighted by molar-refractivity contribution is -0.113. The van der Waals surface area contributed by atoms with Gasteiger partial charge in [-0.25, -0.2) is 0 Å². The number of nitrogens with two attached hydrogens (primary N) is 1. The van der Waals surface area contributed by atoms with Crippen molar-refractivity contribution < 1.29 is 9.21 Å². The minimum Gasteiger partial charge on any atom is -0.414 e. The molecule has 0 bridgehead atoms. The molecule has 0 aliphatic carbocycles. The average Bonchev–Trinajstić information content (AvgIpc) is 2.97. The summed E-state index contributed by atoms with van der Waals surface area (Å²) in [7, 11) is 0. The summed E-state index contributed by atoms with van der Waals surface area (Å²) in [6.07, 6.45) is 0.777. The fourth-order valence-corrected chi connectivity index (χ4v) is 2.79. The monoisotopic (exact) mass is 348 g/mol. The fraction of sp³-hybridized carbons (Fsp3) is 0.471. The van der Waals surface area contributed by atoms with Crippen LogP contribution >= 0.6 is 11.8 Å². The Morgan fingerprint density at radius 3 is 2.79 bits per heavy atom. The van der Waals surface area contributed by atoms with Gasteiger partial charge in [0.25, 0.3) is 5.22 Å². The van der Waals surface area contributed by atoms with Crippen LogP contribution in [0.3, 0.4) is 0 Å². The van der Waals surface area contributed by atoms with E-state index in [0.717, 1.165) is 23.2 Å². The van der Waals surface area contributed by atoms with E-state index >= 15 is 0 Å². The average molecular weight is 348 g/mol. The zero-order chi connectivity index (χ0) is 17.7. The van der Waals surface area contributed by atoms with Gasteiger partial charge in [0.1, 0.15) is 0 Å². The second kappa shape index (κ2) is 8.30. The number of nitrogens with zero attached hydrogens (tertiary/aromatic N) is 2. The van der Waals surface area contributed by atoms with Crippen LogP contribution in [0.5, 0.6) is 0 Å². The van der Waals surface area contributed by atoms with E-state index < -0.39 is 0 Å². The molecule has 1 unspecified atom stereocenters. The van der Waals surface area contributed by atoms with Gasteiger partial charge in [-0.3, -0.25) is 4.79 Å². The van der Waals surface area contributed by atoms with Gasteiger partial charge in [-0.15, -0.1) is 10.2 Å². The van der Waals surface area contributed by atoms with Gasteiger partial charge < -0.3 is 15.5 Å². The molecule has 1 aromatic carbocycles. The molecule has 0 spiro atoms. The minimum atomic E-state index is -0.268. The molecule has 1 heterocycles. The Balaban J connectivity index is 1.88. The Morgan fingerprint density at radius 1 is 1.33 bits per heavy atom. The van der Waals surface area contributed by atoms with Crippen LogP contribution in [0.15, 0.2) is 27.8 Å². The lowest BCUT2D eigenvalue weighted by Crippen LogP contribution is -2.15. The van der Waals surface area contributed by atoms with Crippen LogP contribution in [0, 0.1) is 19.8 Å². The van der Waals surface area contributed by atoms with Crippen molar-refractivity contribution in [1.82, 2.24) is 10.2 Å². The molecule has 130 valence electrons. The third-order valence-corrected chi connectivity index (χ3v) is 4.28. The summed E-state index contributed by atoms with van der Waals surface area (Å²) >= 11 is 1.21. The van der Waals surface area contributed by atoms with Crippen molar-refractivity contribution in [3.8, 4) is 0 Å². The van der Waals surface area contributed by atoms with Gasteiger partial charge in [0.2, 0.25) is 11.8 Å². The van der Waals surface area contributed by atoms with Gasteiger partial charge in [0.15, 0.2) is 0 Å². The van der Waals surface area contributed by atoms with E-state index in [9.17, 15) is 4.79 Å². The van der Waals surface area contributed by atoms with Crippen molar-refractivity contribution in [1.29, 1.82) is 0 Å². The first-order valence-electron chi connectivity index (χ1n) is 7.94. The second-order valence-corrected chi connectivity index (χ2v) is 7.22. The van der Waals surface area contributed by atoms with Gasteiger partial charge in [-0.05, 0) is 43.4 Å². The number of hydrogen-bond acceptors (Lipinski definition) is 6. The van der Waals surface area contributed by atoms with Crippen LogP contribution in [0.2, 0.25) is 0 Å². The van der Waals surface area contributed by atoms with Crippen LogP contribution in [-0.2, 0) is 4.79 Å². The molecule has 0 saturated carbocycles. The van der Waals surface area contributed by atoms with Crippen LogP contribution in [0.25, 0.3) is 0 Å². The molecule has 1 amide bonds. The largest absolute Gasteiger partial charge is 0.414 e. The van der Waals surface area contributed by atoms with Crippen LogP contribution in [-0.4, -0.2) is 21.9 Å². The highest BCUT2D eigenvalue weighted by atomic mass is 32.2. The van der Waals surface area contributed by atoms with Crippen molar-refractivity contribution in [2.75, 3.05) is 11.1 Å². The zero-order valence-electron chi connectivity index (χ0n) is 14.5. The molecule has 7 heteroatoms. The van der Waals surface area contributed by atoms with Gasteiger partial charge in [0.05, 0.1) is 11.8 Å². The molecule has 3 N–H and O–H groups in total. The number of thioether (sulfide) groups is 1. The van der Waals surface area contributed by atoms with Crippen molar-refractivity contribution in [3.63, 3.8) is 0 Å². The topological polar surface area (TPSA) is 94.0 Å². The summed E-state index contributed by atoms with van der Waals surface area (Å²) in [6, 6.07) is 5.68.